The fourth-order valence-electron chi connectivity index (χ4n) is 1.63. The molecule has 0 unspecified atom stereocenters. The van der Waals surface area contributed by atoms with Gasteiger partial charge in [0.1, 0.15) is 11.5 Å². The van der Waals surface area contributed by atoms with E-state index in [1.165, 1.54) is 0 Å². The van der Waals surface area contributed by atoms with E-state index in [1.807, 2.05) is 19.9 Å². The van der Waals surface area contributed by atoms with Crippen molar-refractivity contribution in [3.8, 4) is 0 Å². The Hall–Kier alpha value is -2.10. The van der Waals surface area contributed by atoms with E-state index >= 15 is 0 Å². The van der Waals surface area contributed by atoms with Gasteiger partial charge in [0.05, 0.1) is 5.56 Å². The lowest BCUT2D eigenvalue weighted by molar-refractivity contribution is 0.0950. The highest BCUT2D eigenvalue weighted by Gasteiger charge is 2.08. The first kappa shape index (κ1) is 11.4. The maximum atomic E-state index is 11.8. The fourth-order valence-corrected chi connectivity index (χ4v) is 1.63. The van der Waals surface area contributed by atoms with Crippen LogP contribution in [0.3, 0.4) is 0 Å². The Morgan fingerprint density at radius 2 is 2.29 bits per heavy atom. The van der Waals surface area contributed by atoms with Gasteiger partial charge < -0.3 is 9.73 Å². The van der Waals surface area contributed by atoms with Gasteiger partial charge in [-0.05, 0) is 32.0 Å². The quantitative estimate of drug-likeness (QED) is 0.879. The zero-order valence-corrected chi connectivity index (χ0v) is 9.86. The maximum absolute atomic E-state index is 11.8. The molecule has 2 aromatic heterocycles. The van der Waals surface area contributed by atoms with Crippen molar-refractivity contribution in [3.05, 3.63) is 53.2 Å². The molecule has 2 rings (SSSR count). The number of rotatable bonds is 3. The Morgan fingerprint density at radius 3 is 2.88 bits per heavy atom. The molecule has 17 heavy (non-hydrogen) atoms. The molecule has 0 aromatic carbocycles. The molecule has 1 N–H and O–H groups in total. The van der Waals surface area contributed by atoms with E-state index in [1.54, 1.807) is 24.5 Å². The number of furan rings is 1. The summed E-state index contributed by atoms with van der Waals surface area (Å²) >= 11 is 0. The molecule has 0 spiro atoms. The van der Waals surface area contributed by atoms with Crippen LogP contribution in [0.25, 0.3) is 0 Å². The number of pyridine rings is 1. The molecule has 4 nitrogen and oxygen atoms in total. The number of aryl methyl sites for hydroxylation is 2. The van der Waals surface area contributed by atoms with Gasteiger partial charge in [-0.25, -0.2) is 0 Å². The van der Waals surface area contributed by atoms with Gasteiger partial charge >= 0.3 is 0 Å². The van der Waals surface area contributed by atoms with Gasteiger partial charge in [-0.3, -0.25) is 9.78 Å². The van der Waals surface area contributed by atoms with Gasteiger partial charge in [0, 0.05) is 24.5 Å². The van der Waals surface area contributed by atoms with Crippen LogP contribution in [-0.2, 0) is 6.54 Å². The van der Waals surface area contributed by atoms with E-state index in [4.69, 9.17) is 4.42 Å². The standard InChI is InChI=1S/C13H14N2O2/c1-9-6-12(10(2)17-9)8-15-13(16)11-4-3-5-14-7-11/h3-7H,8H2,1-2H3,(H,15,16). The minimum Gasteiger partial charge on any atom is -0.466 e. The lowest BCUT2D eigenvalue weighted by Gasteiger charge is -2.03. The first-order valence-electron chi connectivity index (χ1n) is 5.41. The highest BCUT2D eigenvalue weighted by Crippen LogP contribution is 2.13. The number of hydrogen-bond donors (Lipinski definition) is 1. The summed E-state index contributed by atoms with van der Waals surface area (Å²) in [6.45, 7) is 4.24. The number of hydrogen-bond acceptors (Lipinski definition) is 3. The van der Waals surface area contributed by atoms with Crippen molar-refractivity contribution in [2.75, 3.05) is 0 Å². The summed E-state index contributed by atoms with van der Waals surface area (Å²) in [6.07, 6.45) is 3.18. The van der Waals surface area contributed by atoms with Crippen LogP contribution >= 0.6 is 0 Å². The van der Waals surface area contributed by atoms with Crippen molar-refractivity contribution in [1.82, 2.24) is 10.3 Å². The third kappa shape index (κ3) is 2.72. The Bertz CT molecular complexity index is 517. The second-order valence-corrected chi connectivity index (χ2v) is 3.86. The predicted octanol–water partition coefficient (Wildman–Crippen LogP) is 2.22. The highest BCUT2D eigenvalue weighted by atomic mass is 16.3. The molecule has 0 aliphatic heterocycles. The van der Waals surface area contributed by atoms with Gasteiger partial charge in [0.25, 0.3) is 5.91 Å². The number of nitrogens with one attached hydrogen (secondary N) is 1. The summed E-state index contributed by atoms with van der Waals surface area (Å²) in [6, 6.07) is 5.40. The van der Waals surface area contributed by atoms with E-state index in [9.17, 15) is 4.79 Å². The third-order valence-corrected chi connectivity index (χ3v) is 2.51. The van der Waals surface area contributed by atoms with Crippen molar-refractivity contribution in [2.45, 2.75) is 20.4 Å². The number of amides is 1. The van der Waals surface area contributed by atoms with Crippen molar-refractivity contribution >= 4 is 5.91 Å². The van der Waals surface area contributed by atoms with Crippen LogP contribution in [0.4, 0.5) is 0 Å². The molecule has 4 heteroatoms. The minimum atomic E-state index is -0.128. The number of nitrogens with zero attached hydrogens (tertiary/aromatic N) is 1. The lowest BCUT2D eigenvalue weighted by Crippen LogP contribution is -2.22. The summed E-state index contributed by atoms with van der Waals surface area (Å²) in [5, 5.41) is 2.83. The summed E-state index contributed by atoms with van der Waals surface area (Å²) in [5.74, 6) is 1.57. The van der Waals surface area contributed by atoms with Crippen LogP contribution < -0.4 is 5.32 Å². The van der Waals surface area contributed by atoms with Crippen LogP contribution in [0, 0.1) is 13.8 Å². The number of carbonyl (C=O) groups excluding carboxylic acids is 1. The molecule has 0 radical (unpaired) electrons. The minimum absolute atomic E-state index is 0.128. The van der Waals surface area contributed by atoms with Crippen LogP contribution in [0.1, 0.15) is 27.4 Å². The van der Waals surface area contributed by atoms with Crippen LogP contribution in [0.2, 0.25) is 0 Å². The van der Waals surface area contributed by atoms with E-state index < -0.39 is 0 Å². The van der Waals surface area contributed by atoms with Gasteiger partial charge in [-0.2, -0.15) is 0 Å². The normalized spacial score (nSPS) is 10.2. The summed E-state index contributed by atoms with van der Waals surface area (Å²) < 4.78 is 5.39. The number of aromatic nitrogens is 1. The fraction of sp³-hybridized carbons (Fsp3) is 0.231. The van der Waals surface area contributed by atoms with E-state index in [2.05, 4.69) is 10.3 Å². The molecule has 0 saturated carbocycles. The Labute approximate surface area is 99.7 Å². The third-order valence-electron chi connectivity index (χ3n) is 2.51. The molecule has 0 aliphatic rings. The number of carbonyl (C=O) groups is 1. The Balaban J connectivity index is 1.99. The van der Waals surface area contributed by atoms with E-state index in [0.29, 0.717) is 12.1 Å². The van der Waals surface area contributed by atoms with Crippen LogP contribution in [-0.4, -0.2) is 10.9 Å². The largest absolute Gasteiger partial charge is 0.466 e. The van der Waals surface area contributed by atoms with Crippen molar-refractivity contribution in [3.63, 3.8) is 0 Å². The molecular weight excluding hydrogens is 216 g/mol. The molecule has 0 atom stereocenters. The van der Waals surface area contributed by atoms with Gasteiger partial charge in [0.2, 0.25) is 0 Å². The first-order chi connectivity index (χ1) is 8.16. The van der Waals surface area contributed by atoms with Gasteiger partial charge in [-0.15, -0.1) is 0 Å². The van der Waals surface area contributed by atoms with E-state index in [0.717, 1.165) is 17.1 Å². The van der Waals surface area contributed by atoms with Gasteiger partial charge in [0.15, 0.2) is 0 Å². The first-order valence-corrected chi connectivity index (χ1v) is 5.41. The average Bonchev–Trinajstić information content (AvgIpc) is 2.66. The maximum Gasteiger partial charge on any atom is 0.253 e. The predicted molar refractivity (Wildman–Crippen MR) is 63.6 cm³/mol. The van der Waals surface area contributed by atoms with Crippen molar-refractivity contribution < 1.29 is 9.21 Å². The zero-order valence-electron chi connectivity index (χ0n) is 9.86. The zero-order chi connectivity index (χ0) is 12.3. The Morgan fingerprint density at radius 1 is 1.47 bits per heavy atom. The molecule has 0 saturated heterocycles. The average molecular weight is 230 g/mol. The molecular formula is C13H14N2O2. The summed E-state index contributed by atoms with van der Waals surface area (Å²) in [5.41, 5.74) is 1.56. The topological polar surface area (TPSA) is 55.1 Å². The molecule has 2 heterocycles. The Kier molecular flexibility index (Phi) is 3.23. The van der Waals surface area contributed by atoms with Gasteiger partial charge in [-0.1, -0.05) is 0 Å². The SMILES string of the molecule is Cc1cc(CNC(=O)c2cccnc2)c(C)o1. The molecule has 0 bridgehead atoms. The van der Waals surface area contributed by atoms with Crippen molar-refractivity contribution in [1.29, 1.82) is 0 Å². The monoisotopic (exact) mass is 230 g/mol. The summed E-state index contributed by atoms with van der Waals surface area (Å²) in [4.78, 5) is 15.7. The summed E-state index contributed by atoms with van der Waals surface area (Å²) in [7, 11) is 0. The molecule has 2 aromatic rings. The van der Waals surface area contributed by atoms with Crippen LogP contribution in [0.15, 0.2) is 35.0 Å². The molecule has 88 valence electrons. The lowest BCUT2D eigenvalue weighted by atomic mass is 10.2. The highest BCUT2D eigenvalue weighted by molar-refractivity contribution is 5.93. The second kappa shape index (κ2) is 4.82. The molecule has 0 aliphatic carbocycles. The van der Waals surface area contributed by atoms with Crippen molar-refractivity contribution in [2.24, 2.45) is 0 Å². The van der Waals surface area contributed by atoms with E-state index in [-0.39, 0.29) is 5.91 Å². The smallest absolute Gasteiger partial charge is 0.253 e. The van der Waals surface area contributed by atoms with Crippen LogP contribution in [0.5, 0.6) is 0 Å². The molecule has 0 fully saturated rings. The second-order valence-electron chi connectivity index (χ2n) is 3.86. The molecule has 1 amide bonds.